The van der Waals surface area contributed by atoms with Crippen LogP contribution in [0, 0.1) is 0 Å². The third kappa shape index (κ3) is 5.15. The minimum absolute atomic E-state index is 0.0575. The molecule has 2 aliphatic rings. The first kappa shape index (κ1) is 26.0. The van der Waals surface area contributed by atoms with Crippen LogP contribution in [0.5, 0.6) is 5.75 Å². The van der Waals surface area contributed by atoms with Crippen LogP contribution in [-0.4, -0.2) is 71.7 Å². The molecule has 1 N–H and O–H groups in total. The number of halogens is 1. The van der Waals surface area contributed by atoms with E-state index in [1.807, 2.05) is 77.8 Å². The zero-order valence-corrected chi connectivity index (χ0v) is 23.2. The fourth-order valence-electron chi connectivity index (χ4n) is 5.07. The van der Waals surface area contributed by atoms with E-state index in [2.05, 4.69) is 22.2 Å². The summed E-state index contributed by atoms with van der Waals surface area (Å²) in [4.78, 5) is 31.5. The monoisotopic (exact) mass is 552 g/mol. The smallest absolute Gasteiger partial charge is 0.253 e. The largest absolute Gasteiger partial charge is 0.496 e. The van der Waals surface area contributed by atoms with Crippen LogP contribution in [0.3, 0.4) is 0 Å². The Bertz CT molecular complexity index is 1600. The molecular formula is C31H29ClN6O2. The van der Waals surface area contributed by atoms with Crippen molar-refractivity contribution in [2.45, 2.75) is 6.54 Å². The molecule has 4 aromatic rings. The summed E-state index contributed by atoms with van der Waals surface area (Å²) >= 11 is 6.45. The summed E-state index contributed by atoms with van der Waals surface area (Å²) in [6.45, 7) is 3.68. The van der Waals surface area contributed by atoms with E-state index < -0.39 is 0 Å². The fraction of sp³-hybridized carbons (Fsp3) is 0.226. The highest BCUT2D eigenvalue weighted by atomic mass is 35.5. The van der Waals surface area contributed by atoms with E-state index in [0.717, 1.165) is 71.3 Å². The van der Waals surface area contributed by atoms with Gasteiger partial charge in [0.1, 0.15) is 5.75 Å². The third-order valence-corrected chi connectivity index (χ3v) is 7.54. The molecule has 6 rings (SSSR count). The molecule has 1 fully saturated rings. The molecule has 2 aliphatic heterocycles. The highest BCUT2D eigenvalue weighted by Gasteiger charge is 2.24. The first-order valence-electron chi connectivity index (χ1n) is 13.2. The van der Waals surface area contributed by atoms with Crippen molar-refractivity contribution in [2.75, 3.05) is 45.7 Å². The molecular weight excluding hydrogens is 524 g/mol. The highest BCUT2D eigenvalue weighted by Crippen LogP contribution is 2.35. The minimum atomic E-state index is 0.0575. The Labute approximate surface area is 238 Å². The minimum Gasteiger partial charge on any atom is -0.496 e. The first-order valence-corrected chi connectivity index (χ1v) is 13.6. The summed E-state index contributed by atoms with van der Waals surface area (Å²) in [5.41, 5.74) is 6.65. The van der Waals surface area contributed by atoms with Gasteiger partial charge in [-0.3, -0.25) is 9.79 Å². The summed E-state index contributed by atoms with van der Waals surface area (Å²) in [7, 11) is 3.73. The molecule has 0 bridgehead atoms. The molecule has 40 heavy (non-hydrogen) atoms. The number of benzene rings is 3. The molecule has 0 saturated carbocycles. The molecule has 1 aromatic heterocycles. The van der Waals surface area contributed by atoms with E-state index in [-0.39, 0.29) is 5.91 Å². The number of ether oxygens (including phenoxy) is 1. The number of methoxy groups -OCH3 is 1. The second-order valence-corrected chi connectivity index (χ2v) is 10.4. The van der Waals surface area contributed by atoms with Crippen LogP contribution in [0.4, 0.5) is 11.6 Å². The van der Waals surface area contributed by atoms with Gasteiger partial charge < -0.3 is 19.9 Å². The number of amides is 1. The van der Waals surface area contributed by atoms with Crippen LogP contribution in [0.1, 0.15) is 27.0 Å². The van der Waals surface area contributed by atoms with Crippen LogP contribution < -0.4 is 10.1 Å². The maximum Gasteiger partial charge on any atom is 0.253 e. The maximum absolute atomic E-state index is 12.9. The topological polar surface area (TPSA) is 83.0 Å². The Morgan fingerprint density at radius 1 is 0.950 bits per heavy atom. The summed E-state index contributed by atoms with van der Waals surface area (Å²) in [5.74, 6) is 1.25. The Kier molecular flexibility index (Phi) is 7.19. The number of nitrogens with one attached hydrogen (secondary N) is 1. The number of aliphatic imine (C=N–C) groups is 1. The molecule has 1 amide bonds. The van der Waals surface area contributed by atoms with Gasteiger partial charge >= 0.3 is 0 Å². The zero-order valence-electron chi connectivity index (χ0n) is 22.4. The Morgan fingerprint density at radius 2 is 1.73 bits per heavy atom. The second-order valence-electron chi connectivity index (χ2n) is 9.92. The van der Waals surface area contributed by atoms with Gasteiger partial charge in [-0.25, -0.2) is 9.97 Å². The summed E-state index contributed by atoms with van der Waals surface area (Å²) in [5, 5.41) is 3.91. The van der Waals surface area contributed by atoms with Gasteiger partial charge in [0.25, 0.3) is 5.91 Å². The van der Waals surface area contributed by atoms with Crippen molar-refractivity contribution >= 4 is 34.9 Å². The fourth-order valence-corrected chi connectivity index (χ4v) is 5.24. The van der Waals surface area contributed by atoms with Crippen molar-refractivity contribution in [3.63, 3.8) is 0 Å². The third-order valence-electron chi connectivity index (χ3n) is 7.30. The van der Waals surface area contributed by atoms with Gasteiger partial charge in [-0.05, 0) is 55.6 Å². The van der Waals surface area contributed by atoms with Crippen molar-refractivity contribution in [3.8, 4) is 17.0 Å². The number of aromatic nitrogens is 2. The first-order chi connectivity index (χ1) is 19.5. The van der Waals surface area contributed by atoms with Crippen molar-refractivity contribution in [1.29, 1.82) is 0 Å². The standard InChI is InChI=1S/C31H29ClN6O2/c1-37-13-15-38(16-14-37)30(39)20-7-10-23(11-8-20)35-31-34-19-21-18-33-29(25-5-3-4-6-27(25)40-2)26-17-22(32)9-12-24(26)28(21)36-31/h3-12,17,19H,13-16,18H2,1-2H3,(H,34,35,36). The lowest BCUT2D eigenvalue weighted by atomic mass is 9.95. The van der Waals surface area contributed by atoms with Gasteiger partial charge in [-0.2, -0.15) is 0 Å². The molecule has 0 aliphatic carbocycles. The second kappa shape index (κ2) is 11.1. The molecule has 202 valence electrons. The number of nitrogens with zero attached hydrogens (tertiary/aromatic N) is 5. The number of piperazine rings is 1. The number of carbonyl (C=O) groups is 1. The number of hydrogen-bond donors (Lipinski definition) is 1. The lowest BCUT2D eigenvalue weighted by Gasteiger charge is -2.32. The number of carbonyl (C=O) groups excluding carboxylic acids is 1. The van der Waals surface area contributed by atoms with Crippen molar-refractivity contribution in [2.24, 2.45) is 4.99 Å². The quantitative estimate of drug-likeness (QED) is 0.362. The van der Waals surface area contributed by atoms with Crippen molar-refractivity contribution < 1.29 is 9.53 Å². The van der Waals surface area contributed by atoms with Crippen molar-refractivity contribution in [1.82, 2.24) is 19.8 Å². The Hall–Kier alpha value is -4.27. The molecule has 0 spiro atoms. The van der Waals surface area contributed by atoms with Gasteiger partial charge in [0.05, 0.1) is 25.1 Å². The predicted molar refractivity (Wildman–Crippen MR) is 158 cm³/mol. The summed E-state index contributed by atoms with van der Waals surface area (Å²) in [6, 6.07) is 21.0. The van der Waals surface area contributed by atoms with Gasteiger partial charge in [0.2, 0.25) is 5.95 Å². The average molecular weight is 553 g/mol. The molecule has 3 aromatic carbocycles. The SMILES string of the molecule is COc1ccccc1C1=NCc2cnc(Nc3ccc(C(=O)N4CCN(C)CC4)cc3)nc2-c2ccc(Cl)cc21. The molecule has 9 heteroatoms. The Morgan fingerprint density at radius 3 is 2.50 bits per heavy atom. The highest BCUT2D eigenvalue weighted by molar-refractivity contribution is 6.31. The molecule has 0 atom stereocenters. The maximum atomic E-state index is 12.9. The van der Waals surface area contributed by atoms with E-state index in [4.69, 9.17) is 26.3 Å². The summed E-state index contributed by atoms with van der Waals surface area (Å²) < 4.78 is 5.63. The number of likely N-dealkylation sites (N-methyl/N-ethyl adjacent to an activating group) is 1. The summed E-state index contributed by atoms with van der Waals surface area (Å²) in [6.07, 6.45) is 1.81. The predicted octanol–water partition coefficient (Wildman–Crippen LogP) is 5.29. The van der Waals surface area contributed by atoms with Crippen molar-refractivity contribution in [3.05, 3.63) is 100 Å². The zero-order chi connectivity index (χ0) is 27.6. The lowest BCUT2D eigenvalue weighted by molar-refractivity contribution is 0.0664. The number of rotatable bonds is 5. The van der Waals surface area contributed by atoms with Crippen LogP contribution >= 0.6 is 11.6 Å². The van der Waals surface area contributed by atoms with Crippen LogP contribution in [0.25, 0.3) is 11.3 Å². The van der Waals surface area contributed by atoms with E-state index >= 15 is 0 Å². The van der Waals surface area contributed by atoms with Crippen LogP contribution in [0.15, 0.2) is 77.9 Å². The van der Waals surface area contributed by atoms with E-state index in [1.165, 1.54) is 0 Å². The lowest BCUT2D eigenvalue weighted by Crippen LogP contribution is -2.47. The molecule has 0 unspecified atom stereocenters. The number of para-hydroxylation sites is 1. The van der Waals surface area contributed by atoms with Crippen LogP contribution in [0.2, 0.25) is 5.02 Å². The Balaban J connectivity index is 1.28. The van der Waals surface area contributed by atoms with E-state index in [0.29, 0.717) is 23.1 Å². The normalized spacial score (nSPS) is 15.0. The van der Waals surface area contributed by atoms with Gasteiger partial charge in [-0.1, -0.05) is 29.8 Å². The van der Waals surface area contributed by atoms with Crippen LogP contribution in [-0.2, 0) is 6.54 Å². The van der Waals surface area contributed by atoms with Gasteiger partial charge in [0, 0.05) is 70.9 Å². The van der Waals surface area contributed by atoms with E-state index in [9.17, 15) is 4.79 Å². The van der Waals surface area contributed by atoms with Gasteiger partial charge in [0.15, 0.2) is 0 Å². The number of fused-ring (bicyclic) bond motifs is 3. The number of anilines is 2. The number of hydrogen-bond acceptors (Lipinski definition) is 7. The molecule has 3 heterocycles. The average Bonchev–Trinajstić information content (AvgIpc) is 3.14. The molecule has 1 saturated heterocycles. The molecule has 8 nitrogen and oxygen atoms in total. The van der Waals surface area contributed by atoms with E-state index in [1.54, 1.807) is 7.11 Å². The molecule has 0 radical (unpaired) electrons. The van der Waals surface area contributed by atoms with Gasteiger partial charge in [-0.15, -0.1) is 0 Å².